The van der Waals surface area contributed by atoms with Gasteiger partial charge in [-0.1, -0.05) is 11.6 Å². The number of nitrogens with zero attached hydrogens (tertiary/aromatic N) is 3. The molecule has 2 aromatic carbocycles. The molecule has 0 saturated carbocycles. The molecule has 0 N–H and O–H groups in total. The molecule has 2 aromatic rings. The van der Waals surface area contributed by atoms with E-state index in [1.165, 1.54) is 47.5 Å². The van der Waals surface area contributed by atoms with E-state index in [0.29, 0.717) is 11.5 Å². The minimum absolute atomic E-state index is 0.132. The Kier molecular flexibility index (Phi) is 8.47. The van der Waals surface area contributed by atoms with Crippen molar-refractivity contribution in [2.24, 2.45) is 10.2 Å². The number of halogens is 2. The number of benzene rings is 2. The van der Waals surface area contributed by atoms with E-state index in [1.54, 1.807) is 18.2 Å². The zero-order valence-electron chi connectivity index (χ0n) is 17.5. The molecule has 1 amide bonds. The smallest absolute Gasteiger partial charge is 0.276 e. The number of anilines is 1. The van der Waals surface area contributed by atoms with E-state index in [-0.39, 0.29) is 27.9 Å². The summed E-state index contributed by atoms with van der Waals surface area (Å²) in [4.78, 5) is 25.1. The first-order valence-corrected chi connectivity index (χ1v) is 9.53. The average Bonchev–Trinajstić information content (AvgIpc) is 2.78. The second kappa shape index (κ2) is 10.8. The van der Waals surface area contributed by atoms with E-state index >= 15 is 0 Å². The van der Waals surface area contributed by atoms with Gasteiger partial charge in [0.2, 0.25) is 6.04 Å². The van der Waals surface area contributed by atoms with Gasteiger partial charge in [0.25, 0.3) is 5.91 Å². The topological polar surface area (TPSA) is 99.0 Å². The number of ketones is 1. The molecular weight excluding hydrogens is 449 g/mol. The summed E-state index contributed by atoms with van der Waals surface area (Å²) in [5.41, 5.74) is 0.337. The zero-order valence-corrected chi connectivity index (χ0v) is 19.0. The van der Waals surface area contributed by atoms with Gasteiger partial charge in [-0.15, -0.1) is 5.11 Å². The minimum Gasteiger partial charge on any atom is -0.497 e. The Morgan fingerprint density at radius 3 is 2.10 bits per heavy atom. The number of carbonyl (C=O) groups is 2. The van der Waals surface area contributed by atoms with E-state index in [1.807, 2.05) is 0 Å². The predicted octanol–water partition coefficient (Wildman–Crippen LogP) is 4.60. The summed E-state index contributed by atoms with van der Waals surface area (Å²) in [7, 11) is 5.78. The Labute approximate surface area is 189 Å². The molecule has 0 heterocycles. The van der Waals surface area contributed by atoms with Gasteiger partial charge in [0.1, 0.15) is 28.6 Å². The van der Waals surface area contributed by atoms with Crippen LogP contribution >= 0.6 is 23.4 Å². The number of ether oxygens (including phenoxy) is 4. The first-order valence-electron chi connectivity index (χ1n) is 8.81. The lowest BCUT2D eigenvalue weighted by Gasteiger charge is -2.19. The van der Waals surface area contributed by atoms with Crippen molar-refractivity contribution in [2.75, 3.05) is 32.9 Å². The van der Waals surface area contributed by atoms with Crippen molar-refractivity contribution in [2.45, 2.75) is 13.0 Å². The maximum atomic E-state index is 12.9. The molecule has 9 nitrogen and oxygen atoms in total. The molecule has 166 valence electrons. The van der Waals surface area contributed by atoms with Gasteiger partial charge < -0.3 is 18.9 Å². The molecule has 31 heavy (non-hydrogen) atoms. The first kappa shape index (κ1) is 24.2. The highest BCUT2D eigenvalue weighted by Crippen LogP contribution is 2.39. The highest BCUT2D eigenvalue weighted by Gasteiger charge is 2.30. The van der Waals surface area contributed by atoms with E-state index in [0.717, 1.165) is 4.42 Å². The third-order valence-corrected chi connectivity index (χ3v) is 4.78. The van der Waals surface area contributed by atoms with Gasteiger partial charge in [-0.2, -0.15) is 5.11 Å². The monoisotopic (exact) mass is 469 g/mol. The summed E-state index contributed by atoms with van der Waals surface area (Å²) in [6, 6.07) is 6.17. The van der Waals surface area contributed by atoms with Crippen LogP contribution in [0.3, 0.4) is 0 Å². The fourth-order valence-corrected chi connectivity index (χ4v) is 2.98. The molecule has 0 aliphatic rings. The van der Waals surface area contributed by atoms with Crippen LogP contribution in [0.25, 0.3) is 0 Å². The van der Waals surface area contributed by atoms with E-state index in [4.69, 9.17) is 42.3 Å². The molecule has 0 aliphatic carbocycles. The number of carbonyl (C=O) groups excluding carboxylic acids is 2. The fraction of sp³-hybridized carbons (Fsp3) is 0.300. The van der Waals surface area contributed by atoms with Gasteiger partial charge in [0, 0.05) is 30.0 Å². The van der Waals surface area contributed by atoms with Crippen molar-refractivity contribution in [3.63, 3.8) is 0 Å². The second-order valence-corrected chi connectivity index (χ2v) is 6.79. The SMILES string of the molecule is COc1ccc(N(Cl)C(=O)C(N=Nc2c(Cl)cc(OC)cc2OC)C(C)=O)c(OC)c1. The third-order valence-electron chi connectivity index (χ3n) is 4.14. The zero-order chi connectivity index (χ0) is 23.1. The van der Waals surface area contributed by atoms with Gasteiger partial charge in [-0.05, 0) is 19.1 Å². The Morgan fingerprint density at radius 1 is 0.935 bits per heavy atom. The van der Waals surface area contributed by atoms with Crippen molar-refractivity contribution in [3.8, 4) is 23.0 Å². The van der Waals surface area contributed by atoms with Crippen LogP contribution in [-0.2, 0) is 9.59 Å². The summed E-state index contributed by atoms with van der Waals surface area (Å²) in [5, 5.41) is 8.02. The normalized spacial score (nSPS) is 11.7. The first-order chi connectivity index (χ1) is 14.8. The summed E-state index contributed by atoms with van der Waals surface area (Å²) in [6.45, 7) is 1.20. The van der Waals surface area contributed by atoms with Crippen LogP contribution in [0.4, 0.5) is 11.4 Å². The maximum absolute atomic E-state index is 12.9. The van der Waals surface area contributed by atoms with Crippen molar-refractivity contribution >= 4 is 46.4 Å². The summed E-state index contributed by atoms with van der Waals surface area (Å²) >= 11 is 12.4. The lowest BCUT2D eigenvalue weighted by molar-refractivity contribution is -0.126. The highest BCUT2D eigenvalue weighted by molar-refractivity contribution is 6.39. The molecule has 2 rings (SSSR count). The Balaban J connectivity index is 2.39. The average molecular weight is 470 g/mol. The quantitative estimate of drug-likeness (QED) is 0.302. The minimum atomic E-state index is -1.52. The highest BCUT2D eigenvalue weighted by atomic mass is 35.5. The number of rotatable bonds is 9. The van der Waals surface area contributed by atoms with Gasteiger partial charge in [0.15, 0.2) is 11.5 Å². The van der Waals surface area contributed by atoms with E-state index in [9.17, 15) is 9.59 Å². The molecule has 11 heteroatoms. The van der Waals surface area contributed by atoms with Crippen molar-refractivity contribution in [1.29, 1.82) is 0 Å². The standard InChI is InChI=1S/C20H21Cl2N3O6/c1-11(26)18(23-24-19-14(21)8-13(29-3)10-17(19)31-5)20(27)25(22)15-7-6-12(28-2)9-16(15)30-4/h6-10,18H,1-5H3. The van der Waals surface area contributed by atoms with Crippen LogP contribution in [-0.4, -0.2) is 46.2 Å². The van der Waals surface area contributed by atoms with Gasteiger partial charge in [0.05, 0.1) is 33.5 Å². The molecule has 0 fully saturated rings. The molecule has 0 bridgehead atoms. The number of methoxy groups -OCH3 is 4. The number of Topliss-reactive ketones (excluding diaryl/α,β-unsaturated/α-hetero) is 1. The Bertz CT molecular complexity index is 999. The van der Waals surface area contributed by atoms with Crippen molar-refractivity contribution < 1.29 is 28.5 Å². The fourth-order valence-electron chi connectivity index (χ4n) is 2.51. The number of amides is 1. The van der Waals surface area contributed by atoms with E-state index in [2.05, 4.69) is 10.2 Å². The summed E-state index contributed by atoms with van der Waals surface area (Å²) < 4.78 is 21.5. The van der Waals surface area contributed by atoms with Crippen LogP contribution in [0.2, 0.25) is 5.02 Å². The van der Waals surface area contributed by atoms with Crippen LogP contribution in [0.5, 0.6) is 23.0 Å². The molecule has 0 radical (unpaired) electrons. The number of hydrogen-bond acceptors (Lipinski definition) is 8. The molecule has 1 atom stereocenters. The van der Waals surface area contributed by atoms with Gasteiger partial charge >= 0.3 is 0 Å². The maximum Gasteiger partial charge on any atom is 0.276 e. The second-order valence-electron chi connectivity index (χ2n) is 6.05. The van der Waals surface area contributed by atoms with Crippen LogP contribution in [0.15, 0.2) is 40.6 Å². The van der Waals surface area contributed by atoms with E-state index < -0.39 is 17.7 Å². The van der Waals surface area contributed by atoms with Crippen LogP contribution in [0, 0.1) is 0 Å². The third kappa shape index (κ3) is 5.56. The molecule has 0 aromatic heterocycles. The van der Waals surface area contributed by atoms with Crippen molar-refractivity contribution in [1.82, 2.24) is 0 Å². The molecule has 0 aliphatic heterocycles. The lowest BCUT2D eigenvalue weighted by Crippen LogP contribution is -2.36. The number of azo groups is 1. The van der Waals surface area contributed by atoms with Crippen LogP contribution in [0.1, 0.15) is 6.92 Å². The van der Waals surface area contributed by atoms with Crippen LogP contribution < -0.4 is 23.4 Å². The molecule has 0 saturated heterocycles. The van der Waals surface area contributed by atoms with Gasteiger partial charge in [-0.3, -0.25) is 9.59 Å². The predicted molar refractivity (Wildman–Crippen MR) is 116 cm³/mol. The largest absolute Gasteiger partial charge is 0.497 e. The summed E-state index contributed by atoms with van der Waals surface area (Å²) in [5.74, 6) is 0.0605. The van der Waals surface area contributed by atoms with Gasteiger partial charge in [-0.25, -0.2) is 4.42 Å². The molecular formula is C20H21Cl2N3O6. The number of hydrogen-bond donors (Lipinski definition) is 0. The summed E-state index contributed by atoms with van der Waals surface area (Å²) in [6.07, 6.45) is 0. The molecule has 1 unspecified atom stereocenters. The Morgan fingerprint density at radius 2 is 1.55 bits per heavy atom. The lowest BCUT2D eigenvalue weighted by atomic mass is 10.2. The Hall–Kier alpha value is -3.04. The molecule has 0 spiro atoms. The van der Waals surface area contributed by atoms with Crippen molar-refractivity contribution in [3.05, 3.63) is 35.4 Å².